The van der Waals surface area contributed by atoms with Crippen molar-refractivity contribution in [2.45, 2.75) is 20.3 Å². The standard InChI is InChI=1S/C14H16N2O/c1-4-13-12(9-16(3)15-13)14(17)11-8-6-5-7-10(11)2/h5-9H,4H2,1-3H3. The van der Waals surface area contributed by atoms with E-state index < -0.39 is 0 Å². The van der Waals surface area contributed by atoms with E-state index in [0.29, 0.717) is 5.56 Å². The van der Waals surface area contributed by atoms with Crippen molar-refractivity contribution in [3.63, 3.8) is 0 Å². The highest BCUT2D eigenvalue weighted by Crippen LogP contribution is 2.16. The largest absolute Gasteiger partial charge is 0.288 e. The minimum atomic E-state index is 0.0630. The van der Waals surface area contributed by atoms with Crippen LogP contribution in [0.2, 0.25) is 0 Å². The SMILES string of the molecule is CCc1nn(C)cc1C(=O)c1ccccc1C. The predicted molar refractivity (Wildman–Crippen MR) is 67.2 cm³/mol. The monoisotopic (exact) mass is 228 g/mol. The van der Waals surface area contributed by atoms with Crippen molar-refractivity contribution >= 4 is 5.78 Å². The van der Waals surface area contributed by atoms with Gasteiger partial charge in [0.15, 0.2) is 5.78 Å². The van der Waals surface area contributed by atoms with Crippen LogP contribution in [-0.4, -0.2) is 15.6 Å². The molecule has 3 heteroatoms. The molecule has 0 N–H and O–H groups in total. The first-order valence-corrected chi connectivity index (χ1v) is 5.76. The predicted octanol–water partition coefficient (Wildman–Crippen LogP) is 2.52. The van der Waals surface area contributed by atoms with Crippen LogP contribution in [0.5, 0.6) is 0 Å². The summed E-state index contributed by atoms with van der Waals surface area (Å²) in [6, 6.07) is 7.65. The fraction of sp³-hybridized carbons (Fsp3) is 0.286. The van der Waals surface area contributed by atoms with Crippen LogP contribution in [0.3, 0.4) is 0 Å². The molecule has 0 saturated heterocycles. The van der Waals surface area contributed by atoms with Gasteiger partial charge < -0.3 is 0 Å². The Bertz CT molecular complexity index is 555. The van der Waals surface area contributed by atoms with Crippen molar-refractivity contribution in [2.75, 3.05) is 0 Å². The fourth-order valence-electron chi connectivity index (χ4n) is 1.96. The highest BCUT2D eigenvalue weighted by atomic mass is 16.1. The molecule has 0 aliphatic carbocycles. The lowest BCUT2D eigenvalue weighted by Crippen LogP contribution is -2.05. The van der Waals surface area contributed by atoms with Crippen LogP contribution in [-0.2, 0) is 13.5 Å². The van der Waals surface area contributed by atoms with Gasteiger partial charge in [0, 0.05) is 18.8 Å². The van der Waals surface area contributed by atoms with Gasteiger partial charge >= 0.3 is 0 Å². The average molecular weight is 228 g/mol. The molecule has 17 heavy (non-hydrogen) atoms. The molecule has 0 radical (unpaired) electrons. The van der Waals surface area contributed by atoms with Crippen LogP contribution in [0.1, 0.15) is 34.1 Å². The number of aromatic nitrogens is 2. The van der Waals surface area contributed by atoms with Crippen LogP contribution in [0, 0.1) is 6.92 Å². The second-order valence-electron chi connectivity index (χ2n) is 4.16. The van der Waals surface area contributed by atoms with Gasteiger partial charge in [0.2, 0.25) is 0 Å². The van der Waals surface area contributed by atoms with Gasteiger partial charge in [-0.3, -0.25) is 9.48 Å². The average Bonchev–Trinajstić information content (AvgIpc) is 2.70. The maximum Gasteiger partial charge on any atom is 0.196 e. The zero-order valence-corrected chi connectivity index (χ0v) is 10.4. The summed E-state index contributed by atoms with van der Waals surface area (Å²) in [7, 11) is 1.84. The van der Waals surface area contributed by atoms with Crippen molar-refractivity contribution in [1.29, 1.82) is 0 Å². The van der Waals surface area contributed by atoms with E-state index in [2.05, 4.69) is 5.10 Å². The van der Waals surface area contributed by atoms with E-state index in [-0.39, 0.29) is 5.78 Å². The maximum absolute atomic E-state index is 12.4. The Kier molecular flexibility index (Phi) is 3.09. The Hall–Kier alpha value is -1.90. The molecule has 0 atom stereocenters. The normalized spacial score (nSPS) is 10.5. The van der Waals surface area contributed by atoms with Crippen LogP contribution >= 0.6 is 0 Å². The summed E-state index contributed by atoms with van der Waals surface area (Å²) in [6.45, 7) is 3.96. The number of nitrogens with zero attached hydrogens (tertiary/aromatic N) is 2. The van der Waals surface area contributed by atoms with E-state index in [1.807, 2.05) is 45.2 Å². The second kappa shape index (κ2) is 4.53. The van der Waals surface area contributed by atoms with Gasteiger partial charge in [0.1, 0.15) is 0 Å². The highest BCUT2D eigenvalue weighted by molar-refractivity contribution is 6.10. The van der Waals surface area contributed by atoms with Crippen molar-refractivity contribution < 1.29 is 4.79 Å². The Morgan fingerprint density at radius 3 is 2.65 bits per heavy atom. The number of rotatable bonds is 3. The highest BCUT2D eigenvalue weighted by Gasteiger charge is 2.17. The topological polar surface area (TPSA) is 34.9 Å². The van der Waals surface area contributed by atoms with Gasteiger partial charge in [0.05, 0.1) is 11.3 Å². The Morgan fingerprint density at radius 2 is 2.00 bits per heavy atom. The molecule has 0 aliphatic heterocycles. The molecule has 2 aromatic rings. The number of hydrogen-bond acceptors (Lipinski definition) is 2. The van der Waals surface area contributed by atoms with Crippen molar-refractivity contribution in [3.8, 4) is 0 Å². The molecule has 1 aromatic carbocycles. The Labute approximate surface area is 101 Å². The van der Waals surface area contributed by atoms with E-state index in [4.69, 9.17) is 0 Å². The number of carbonyl (C=O) groups excluding carboxylic acids is 1. The molecule has 1 heterocycles. The van der Waals surface area contributed by atoms with E-state index in [1.54, 1.807) is 10.9 Å². The van der Waals surface area contributed by atoms with Crippen molar-refractivity contribution in [2.24, 2.45) is 7.05 Å². The zero-order chi connectivity index (χ0) is 12.4. The summed E-state index contributed by atoms with van der Waals surface area (Å²) in [5.74, 6) is 0.0630. The Balaban J connectivity index is 2.47. The first-order valence-electron chi connectivity index (χ1n) is 5.76. The lowest BCUT2D eigenvalue weighted by Gasteiger charge is -2.03. The van der Waals surface area contributed by atoms with Crippen molar-refractivity contribution in [1.82, 2.24) is 9.78 Å². The summed E-state index contributed by atoms with van der Waals surface area (Å²) in [6.07, 6.45) is 2.57. The zero-order valence-electron chi connectivity index (χ0n) is 10.4. The van der Waals surface area contributed by atoms with E-state index >= 15 is 0 Å². The molecular formula is C14H16N2O. The molecule has 0 bridgehead atoms. The van der Waals surface area contributed by atoms with E-state index in [0.717, 1.165) is 23.2 Å². The molecule has 0 aliphatic rings. The minimum absolute atomic E-state index is 0.0630. The van der Waals surface area contributed by atoms with E-state index in [9.17, 15) is 4.79 Å². The van der Waals surface area contributed by atoms with Gasteiger partial charge in [-0.15, -0.1) is 0 Å². The first kappa shape index (κ1) is 11.6. The number of carbonyl (C=O) groups is 1. The molecule has 1 aromatic heterocycles. The molecule has 3 nitrogen and oxygen atoms in total. The molecular weight excluding hydrogens is 212 g/mol. The third-order valence-electron chi connectivity index (χ3n) is 2.87. The van der Waals surface area contributed by atoms with Gasteiger partial charge in [-0.1, -0.05) is 31.2 Å². The molecule has 0 fully saturated rings. The molecule has 2 rings (SSSR count). The van der Waals surface area contributed by atoms with Gasteiger partial charge in [0.25, 0.3) is 0 Å². The third kappa shape index (κ3) is 2.13. The van der Waals surface area contributed by atoms with Gasteiger partial charge in [-0.25, -0.2) is 0 Å². The smallest absolute Gasteiger partial charge is 0.196 e. The summed E-state index contributed by atoms with van der Waals surface area (Å²) >= 11 is 0. The number of ketones is 1. The summed E-state index contributed by atoms with van der Waals surface area (Å²) in [5, 5.41) is 4.30. The first-order chi connectivity index (χ1) is 8.13. The molecule has 0 saturated carbocycles. The minimum Gasteiger partial charge on any atom is -0.288 e. The Morgan fingerprint density at radius 1 is 1.29 bits per heavy atom. The lowest BCUT2D eigenvalue weighted by molar-refractivity contribution is 0.103. The molecule has 0 spiro atoms. The molecule has 0 amide bonds. The number of hydrogen-bond donors (Lipinski definition) is 0. The quantitative estimate of drug-likeness (QED) is 0.757. The fourth-order valence-corrected chi connectivity index (χ4v) is 1.96. The van der Waals surface area contributed by atoms with E-state index in [1.165, 1.54) is 0 Å². The summed E-state index contributed by atoms with van der Waals surface area (Å²) in [5.41, 5.74) is 3.34. The number of benzene rings is 1. The number of aryl methyl sites for hydroxylation is 3. The van der Waals surface area contributed by atoms with Crippen LogP contribution < -0.4 is 0 Å². The van der Waals surface area contributed by atoms with Crippen LogP contribution in [0.15, 0.2) is 30.5 Å². The van der Waals surface area contributed by atoms with Crippen LogP contribution in [0.25, 0.3) is 0 Å². The second-order valence-corrected chi connectivity index (χ2v) is 4.16. The molecule has 0 unspecified atom stereocenters. The summed E-state index contributed by atoms with van der Waals surface area (Å²) in [4.78, 5) is 12.4. The van der Waals surface area contributed by atoms with Crippen molar-refractivity contribution in [3.05, 3.63) is 52.8 Å². The van der Waals surface area contributed by atoms with Gasteiger partial charge in [-0.05, 0) is 18.9 Å². The summed E-state index contributed by atoms with van der Waals surface area (Å²) < 4.78 is 1.70. The molecule has 88 valence electrons. The third-order valence-corrected chi connectivity index (χ3v) is 2.87. The van der Waals surface area contributed by atoms with Crippen LogP contribution in [0.4, 0.5) is 0 Å². The van der Waals surface area contributed by atoms with Gasteiger partial charge in [-0.2, -0.15) is 5.10 Å². The lowest BCUT2D eigenvalue weighted by atomic mass is 9.99. The maximum atomic E-state index is 12.4.